The van der Waals surface area contributed by atoms with Crippen LogP contribution in [0.3, 0.4) is 0 Å². The van der Waals surface area contributed by atoms with E-state index >= 15 is 0 Å². The monoisotopic (exact) mass is 290 g/mol. The van der Waals surface area contributed by atoms with E-state index in [1.807, 2.05) is 0 Å². The number of hydrogen-bond donors (Lipinski definition) is 1. The number of hydrogen-bond acceptors (Lipinski definition) is 2. The Labute approximate surface area is 130 Å². The van der Waals surface area contributed by atoms with Crippen molar-refractivity contribution < 1.29 is 0 Å². The Bertz CT molecular complexity index is 356. The van der Waals surface area contributed by atoms with Crippen molar-refractivity contribution in [3.05, 3.63) is 0 Å². The molecule has 5 rings (SSSR count). The second-order valence-corrected chi connectivity index (χ2v) is 9.39. The minimum Gasteiger partial charge on any atom is -0.326 e. The SMILES string of the molecule is CC1CCN(CC(N)C23CC4CC(CC(C4)C2)C3)CC1C. The number of piperidine rings is 1. The predicted octanol–water partition coefficient (Wildman–Crippen LogP) is 3.51. The maximum absolute atomic E-state index is 6.84. The highest BCUT2D eigenvalue weighted by Crippen LogP contribution is 2.61. The van der Waals surface area contributed by atoms with Crippen molar-refractivity contribution in [3.8, 4) is 0 Å². The summed E-state index contributed by atoms with van der Waals surface area (Å²) in [6.07, 6.45) is 10.3. The Hall–Kier alpha value is -0.0800. The van der Waals surface area contributed by atoms with Gasteiger partial charge in [0.25, 0.3) is 0 Å². The lowest BCUT2D eigenvalue weighted by Gasteiger charge is -2.59. The number of rotatable bonds is 3. The predicted molar refractivity (Wildman–Crippen MR) is 88.0 cm³/mol. The molecule has 1 saturated heterocycles. The van der Waals surface area contributed by atoms with Gasteiger partial charge in [0.1, 0.15) is 0 Å². The molecule has 0 radical (unpaired) electrons. The molecule has 0 aromatic carbocycles. The molecule has 3 unspecified atom stereocenters. The molecule has 0 aromatic rings. The molecule has 2 nitrogen and oxygen atoms in total. The van der Waals surface area contributed by atoms with Gasteiger partial charge in [0.05, 0.1) is 0 Å². The van der Waals surface area contributed by atoms with Gasteiger partial charge in [-0.2, -0.15) is 0 Å². The maximum atomic E-state index is 6.84. The summed E-state index contributed by atoms with van der Waals surface area (Å²) in [6, 6.07) is 0.437. The van der Waals surface area contributed by atoms with Gasteiger partial charge in [0.2, 0.25) is 0 Å². The fourth-order valence-electron chi connectivity index (χ4n) is 6.62. The maximum Gasteiger partial charge on any atom is 0.0225 e. The van der Waals surface area contributed by atoms with E-state index in [2.05, 4.69) is 18.7 Å². The van der Waals surface area contributed by atoms with Crippen LogP contribution in [0.15, 0.2) is 0 Å². The lowest BCUT2D eigenvalue weighted by molar-refractivity contribution is -0.0732. The van der Waals surface area contributed by atoms with Crippen LogP contribution in [0.4, 0.5) is 0 Å². The Morgan fingerprint density at radius 1 is 1.00 bits per heavy atom. The Kier molecular flexibility index (Phi) is 3.61. The summed E-state index contributed by atoms with van der Waals surface area (Å²) < 4.78 is 0. The molecule has 1 aliphatic heterocycles. The van der Waals surface area contributed by atoms with Crippen molar-refractivity contribution >= 4 is 0 Å². The van der Waals surface area contributed by atoms with Gasteiger partial charge in [-0.3, -0.25) is 0 Å². The van der Waals surface area contributed by atoms with Crippen LogP contribution >= 0.6 is 0 Å². The standard InChI is InChI=1S/C19H34N2/c1-13-3-4-21(11-14(13)2)12-18(20)19-8-15-5-16(9-19)7-17(6-15)10-19/h13-18H,3-12,20H2,1-2H3. The Balaban J connectivity index is 1.42. The van der Waals surface area contributed by atoms with Gasteiger partial charge in [-0.1, -0.05) is 13.8 Å². The van der Waals surface area contributed by atoms with Crippen LogP contribution in [0.2, 0.25) is 0 Å². The second-order valence-electron chi connectivity index (χ2n) is 9.39. The van der Waals surface area contributed by atoms with Crippen LogP contribution in [0.5, 0.6) is 0 Å². The van der Waals surface area contributed by atoms with E-state index in [1.165, 1.54) is 64.6 Å². The van der Waals surface area contributed by atoms with E-state index in [0.717, 1.165) is 29.6 Å². The summed E-state index contributed by atoms with van der Waals surface area (Å²) in [7, 11) is 0. The van der Waals surface area contributed by atoms with E-state index in [-0.39, 0.29) is 0 Å². The second kappa shape index (κ2) is 5.23. The summed E-state index contributed by atoms with van der Waals surface area (Å²) in [6.45, 7) is 8.57. The van der Waals surface area contributed by atoms with Crippen molar-refractivity contribution in [2.75, 3.05) is 19.6 Å². The van der Waals surface area contributed by atoms with Crippen LogP contribution in [0.1, 0.15) is 58.8 Å². The third-order valence-corrected chi connectivity index (χ3v) is 7.75. The van der Waals surface area contributed by atoms with Gasteiger partial charge in [-0.15, -0.1) is 0 Å². The third-order valence-electron chi connectivity index (χ3n) is 7.75. The zero-order chi connectivity index (χ0) is 14.6. The highest BCUT2D eigenvalue weighted by molar-refractivity contribution is 5.06. The molecule has 1 heterocycles. The number of nitrogens with zero attached hydrogens (tertiary/aromatic N) is 1. The fraction of sp³-hybridized carbons (Fsp3) is 1.00. The molecule has 0 aromatic heterocycles. The van der Waals surface area contributed by atoms with Crippen molar-refractivity contribution in [2.24, 2.45) is 40.7 Å². The Morgan fingerprint density at radius 3 is 2.10 bits per heavy atom. The third kappa shape index (κ3) is 2.57. The van der Waals surface area contributed by atoms with Crippen LogP contribution < -0.4 is 5.73 Å². The summed E-state index contributed by atoms with van der Waals surface area (Å²) in [5.41, 5.74) is 7.37. The average molecular weight is 290 g/mol. The number of nitrogens with two attached hydrogens (primary N) is 1. The summed E-state index contributed by atoms with van der Waals surface area (Å²) in [5.74, 6) is 4.84. The first kappa shape index (κ1) is 14.5. The highest BCUT2D eigenvalue weighted by atomic mass is 15.1. The van der Waals surface area contributed by atoms with Crippen molar-refractivity contribution in [1.29, 1.82) is 0 Å². The molecule has 2 heteroatoms. The van der Waals surface area contributed by atoms with Crippen LogP contribution in [-0.2, 0) is 0 Å². The summed E-state index contributed by atoms with van der Waals surface area (Å²) in [4.78, 5) is 2.69. The molecule has 5 aliphatic rings. The van der Waals surface area contributed by atoms with Crippen molar-refractivity contribution in [3.63, 3.8) is 0 Å². The normalized spacial score (nSPS) is 51.3. The first-order valence-electron chi connectivity index (χ1n) is 9.52. The molecule has 120 valence electrons. The molecule has 0 amide bonds. The van der Waals surface area contributed by atoms with Crippen molar-refractivity contribution in [2.45, 2.75) is 64.8 Å². The lowest BCUT2D eigenvalue weighted by Crippen LogP contribution is -2.58. The van der Waals surface area contributed by atoms with Crippen molar-refractivity contribution in [1.82, 2.24) is 4.90 Å². The van der Waals surface area contributed by atoms with E-state index < -0.39 is 0 Å². The van der Waals surface area contributed by atoms with Gasteiger partial charge in [0.15, 0.2) is 0 Å². The van der Waals surface area contributed by atoms with Gasteiger partial charge < -0.3 is 10.6 Å². The average Bonchev–Trinajstić information content (AvgIpc) is 2.41. The minimum atomic E-state index is 0.437. The first-order chi connectivity index (χ1) is 10.0. The molecule has 21 heavy (non-hydrogen) atoms. The van der Waals surface area contributed by atoms with Gasteiger partial charge in [-0.05, 0) is 86.5 Å². The molecule has 4 saturated carbocycles. The zero-order valence-electron chi connectivity index (χ0n) is 14.1. The van der Waals surface area contributed by atoms with Crippen LogP contribution in [0.25, 0.3) is 0 Å². The van der Waals surface area contributed by atoms with E-state index in [4.69, 9.17) is 5.73 Å². The highest BCUT2D eigenvalue weighted by Gasteiger charge is 2.53. The topological polar surface area (TPSA) is 29.3 Å². The zero-order valence-corrected chi connectivity index (χ0v) is 14.1. The van der Waals surface area contributed by atoms with Crippen LogP contribution in [0, 0.1) is 35.0 Å². The van der Waals surface area contributed by atoms with E-state index in [0.29, 0.717) is 11.5 Å². The minimum absolute atomic E-state index is 0.437. The van der Waals surface area contributed by atoms with Crippen LogP contribution in [-0.4, -0.2) is 30.6 Å². The molecule has 2 N–H and O–H groups in total. The largest absolute Gasteiger partial charge is 0.326 e. The molecule has 0 spiro atoms. The lowest BCUT2D eigenvalue weighted by atomic mass is 9.48. The fourth-order valence-corrected chi connectivity index (χ4v) is 6.62. The first-order valence-corrected chi connectivity index (χ1v) is 9.52. The number of likely N-dealkylation sites (tertiary alicyclic amines) is 1. The van der Waals surface area contributed by atoms with Gasteiger partial charge in [0, 0.05) is 19.1 Å². The summed E-state index contributed by atoms with van der Waals surface area (Å²) in [5, 5.41) is 0. The van der Waals surface area contributed by atoms with Gasteiger partial charge in [-0.25, -0.2) is 0 Å². The molecule has 5 fully saturated rings. The molecule has 4 bridgehead atoms. The molecular weight excluding hydrogens is 256 g/mol. The molecule has 4 aliphatic carbocycles. The van der Waals surface area contributed by atoms with E-state index in [1.54, 1.807) is 0 Å². The molecule has 3 atom stereocenters. The summed E-state index contributed by atoms with van der Waals surface area (Å²) >= 11 is 0. The molecular formula is C19H34N2. The smallest absolute Gasteiger partial charge is 0.0225 e. The quantitative estimate of drug-likeness (QED) is 0.862. The van der Waals surface area contributed by atoms with Gasteiger partial charge >= 0.3 is 0 Å². The Morgan fingerprint density at radius 2 is 1.57 bits per heavy atom. The van der Waals surface area contributed by atoms with E-state index in [9.17, 15) is 0 Å².